The van der Waals surface area contributed by atoms with Gasteiger partial charge in [-0.05, 0) is 50.3 Å². The summed E-state index contributed by atoms with van der Waals surface area (Å²) < 4.78 is 0. The second kappa shape index (κ2) is 6.91. The quantitative estimate of drug-likeness (QED) is 0.728. The van der Waals surface area contributed by atoms with E-state index in [9.17, 15) is 0 Å². The Morgan fingerprint density at radius 1 is 1.22 bits per heavy atom. The number of hydrogen-bond donors (Lipinski definition) is 2. The predicted molar refractivity (Wildman–Crippen MR) is 80.0 cm³/mol. The zero-order chi connectivity index (χ0) is 13.6. The van der Waals surface area contributed by atoms with E-state index < -0.39 is 0 Å². The molecular formula is C16H28N2. The molecule has 0 aromatic heterocycles. The maximum absolute atomic E-state index is 5.92. The van der Waals surface area contributed by atoms with Crippen LogP contribution in [0.4, 0.5) is 0 Å². The van der Waals surface area contributed by atoms with Gasteiger partial charge in [-0.2, -0.15) is 0 Å². The van der Waals surface area contributed by atoms with Gasteiger partial charge in [0.2, 0.25) is 0 Å². The molecule has 1 aromatic carbocycles. The molecule has 3 N–H and O–H groups in total. The molecule has 0 amide bonds. The van der Waals surface area contributed by atoms with E-state index in [4.69, 9.17) is 5.73 Å². The van der Waals surface area contributed by atoms with Crippen LogP contribution in [0.3, 0.4) is 0 Å². The smallest absolute Gasteiger partial charge is 0.0223 e. The molecule has 1 unspecified atom stereocenters. The predicted octanol–water partition coefficient (Wildman–Crippen LogP) is 3.07. The fourth-order valence-corrected chi connectivity index (χ4v) is 1.89. The standard InChI is InChI=1S/C16H28N2/c1-5-13(2)15-8-6-14(7-9-15)10-11-18-12-16(3,4)17/h6-9,13,18H,5,10-12,17H2,1-4H3. The first kappa shape index (κ1) is 15.2. The number of rotatable bonds is 7. The minimum Gasteiger partial charge on any atom is -0.324 e. The van der Waals surface area contributed by atoms with Crippen molar-refractivity contribution >= 4 is 0 Å². The van der Waals surface area contributed by atoms with Crippen molar-refractivity contribution in [3.05, 3.63) is 35.4 Å². The van der Waals surface area contributed by atoms with Gasteiger partial charge in [0.25, 0.3) is 0 Å². The van der Waals surface area contributed by atoms with E-state index in [0.717, 1.165) is 19.5 Å². The average Bonchev–Trinajstić information content (AvgIpc) is 2.33. The molecule has 1 atom stereocenters. The molecule has 0 aliphatic carbocycles. The Bertz CT molecular complexity index is 335. The fourth-order valence-electron chi connectivity index (χ4n) is 1.89. The van der Waals surface area contributed by atoms with Crippen LogP contribution in [-0.4, -0.2) is 18.6 Å². The summed E-state index contributed by atoms with van der Waals surface area (Å²) in [4.78, 5) is 0. The maximum Gasteiger partial charge on any atom is 0.0223 e. The summed E-state index contributed by atoms with van der Waals surface area (Å²) >= 11 is 0. The lowest BCUT2D eigenvalue weighted by molar-refractivity contribution is 0.469. The van der Waals surface area contributed by atoms with Gasteiger partial charge in [0.05, 0.1) is 0 Å². The summed E-state index contributed by atoms with van der Waals surface area (Å²) in [5, 5.41) is 3.40. The van der Waals surface area contributed by atoms with Crippen molar-refractivity contribution in [3.63, 3.8) is 0 Å². The van der Waals surface area contributed by atoms with Gasteiger partial charge in [0, 0.05) is 12.1 Å². The van der Waals surface area contributed by atoms with Crippen molar-refractivity contribution in [1.82, 2.24) is 5.32 Å². The largest absolute Gasteiger partial charge is 0.324 e. The van der Waals surface area contributed by atoms with Gasteiger partial charge in [-0.25, -0.2) is 0 Å². The second-order valence-electron chi connectivity index (χ2n) is 5.97. The van der Waals surface area contributed by atoms with Gasteiger partial charge in [0.1, 0.15) is 0 Å². The van der Waals surface area contributed by atoms with Gasteiger partial charge >= 0.3 is 0 Å². The van der Waals surface area contributed by atoms with Crippen molar-refractivity contribution < 1.29 is 0 Å². The molecule has 2 heteroatoms. The van der Waals surface area contributed by atoms with Crippen LogP contribution in [0, 0.1) is 0 Å². The summed E-state index contributed by atoms with van der Waals surface area (Å²) in [6, 6.07) is 9.01. The van der Waals surface area contributed by atoms with Crippen LogP contribution in [0.1, 0.15) is 51.2 Å². The lowest BCUT2D eigenvalue weighted by atomic mass is 9.97. The average molecular weight is 248 g/mol. The Morgan fingerprint density at radius 2 is 1.83 bits per heavy atom. The normalized spacial score (nSPS) is 13.6. The summed E-state index contributed by atoms with van der Waals surface area (Å²) in [7, 11) is 0. The summed E-state index contributed by atoms with van der Waals surface area (Å²) in [6.45, 7) is 10.4. The number of benzene rings is 1. The number of nitrogens with two attached hydrogens (primary N) is 1. The molecule has 0 radical (unpaired) electrons. The molecule has 0 heterocycles. The monoisotopic (exact) mass is 248 g/mol. The van der Waals surface area contributed by atoms with Crippen molar-refractivity contribution in [3.8, 4) is 0 Å². The first-order valence-electron chi connectivity index (χ1n) is 7.01. The second-order valence-corrected chi connectivity index (χ2v) is 5.97. The zero-order valence-electron chi connectivity index (χ0n) is 12.3. The summed E-state index contributed by atoms with van der Waals surface area (Å²) in [5.41, 5.74) is 8.63. The number of hydrogen-bond acceptors (Lipinski definition) is 2. The molecule has 0 saturated heterocycles. The molecule has 0 saturated carbocycles. The molecule has 0 aliphatic heterocycles. The SMILES string of the molecule is CCC(C)c1ccc(CCNCC(C)(C)N)cc1. The minimum absolute atomic E-state index is 0.125. The van der Waals surface area contributed by atoms with Crippen molar-refractivity contribution in [2.45, 2.75) is 52.0 Å². The van der Waals surface area contributed by atoms with E-state index in [2.05, 4.69) is 43.4 Å². The summed E-state index contributed by atoms with van der Waals surface area (Å²) in [6.07, 6.45) is 2.27. The van der Waals surface area contributed by atoms with Crippen LogP contribution in [0.25, 0.3) is 0 Å². The van der Waals surface area contributed by atoms with Gasteiger partial charge in [0.15, 0.2) is 0 Å². The molecule has 0 spiro atoms. The van der Waals surface area contributed by atoms with Crippen LogP contribution in [0.15, 0.2) is 24.3 Å². The lowest BCUT2D eigenvalue weighted by Gasteiger charge is -2.19. The maximum atomic E-state index is 5.92. The van der Waals surface area contributed by atoms with Crippen molar-refractivity contribution in [2.24, 2.45) is 5.73 Å². The zero-order valence-corrected chi connectivity index (χ0v) is 12.3. The highest BCUT2D eigenvalue weighted by Gasteiger charge is 2.08. The molecule has 0 fully saturated rings. The number of nitrogens with one attached hydrogen (secondary N) is 1. The molecule has 0 bridgehead atoms. The van der Waals surface area contributed by atoms with Gasteiger partial charge < -0.3 is 11.1 Å². The Kier molecular flexibility index (Phi) is 5.83. The van der Waals surface area contributed by atoms with Gasteiger partial charge in [-0.15, -0.1) is 0 Å². The molecule has 102 valence electrons. The summed E-state index contributed by atoms with van der Waals surface area (Å²) in [5.74, 6) is 0.662. The van der Waals surface area contributed by atoms with E-state index in [1.54, 1.807) is 0 Å². The fraction of sp³-hybridized carbons (Fsp3) is 0.625. The van der Waals surface area contributed by atoms with Crippen LogP contribution in [0.2, 0.25) is 0 Å². The minimum atomic E-state index is -0.125. The van der Waals surface area contributed by atoms with Gasteiger partial charge in [-0.1, -0.05) is 38.1 Å². The lowest BCUT2D eigenvalue weighted by Crippen LogP contribution is -2.43. The Labute approximate surface area is 112 Å². The topological polar surface area (TPSA) is 38.0 Å². The van der Waals surface area contributed by atoms with E-state index >= 15 is 0 Å². The molecule has 18 heavy (non-hydrogen) atoms. The molecular weight excluding hydrogens is 220 g/mol. The molecule has 1 rings (SSSR count). The van der Waals surface area contributed by atoms with Crippen LogP contribution in [-0.2, 0) is 6.42 Å². The first-order chi connectivity index (χ1) is 8.42. The van der Waals surface area contributed by atoms with E-state index in [-0.39, 0.29) is 5.54 Å². The third-order valence-electron chi connectivity index (χ3n) is 3.33. The third kappa shape index (κ3) is 5.65. The molecule has 2 nitrogen and oxygen atoms in total. The van der Waals surface area contributed by atoms with Gasteiger partial charge in [-0.3, -0.25) is 0 Å². The van der Waals surface area contributed by atoms with E-state index in [0.29, 0.717) is 5.92 Å². The highest BCUT2D eigenvalue weighted by atomic mass is 14.9. The first-order valence-corrected chi connectivity index (χ1v) is 7.01. The van der Waals surface area contributed by atoms with Crippen LogP contribution >= 0.6 is 0 Å². The van der Waals surface area contributed by atoms with E-state index in [1.807, 2.05) is 13.8 Å². The van der Waals surface area contributed by atoms with Crippen molar-refractivity contribution in [1.29, 1.82) is 0 Å². The van der Waals surface area contributed by atoms with Crippen LogP contribution in [0.5, 0.6) is 0 Å². The highest BCUT2D eigenvalue weighted by Crippen LogP contribution is 2.18. The highest BCUT2D eigenvalue weighted by molar-refractivity contribution is 5.25. The Balaban J connectivity index is 2.35. The molecule has 0 aliphatic rings. The Morgan fingerprint density at radius 3 is 2.33 bits per heavy atom. The Hall–Kier alpha value is -0.860. The van der Waals surface area contributed by atoms with Crippen LogP contribution < -0.4 is 11.1 Å². The molecule has 1 aromatic rings. The third-order valence-corrected chi connectivity index (χ3v) is 3.33. The van der Waals surface area contributed by atoms with Crippen molar-refractivity contribution in [2.75, 3.05) is 13.1 Å². The van der Waals surface area contributed by atoms with E-state index in [1.165, 1.54) is 17.5 Å².